The molecule has 0 aromatic heterocycles. The fourth-order valence-electron chi connectivity index (χ4n) is 2.97. The molecule has 2 fully saturated rings. The first-order valence-electron chi connectivity index (χ1n) is 9.16. The molecule has 7 nitrogen and oxygen atoms in total. The first-order chi connectivity index (χ1) is 13.3. The van der Waals surface area contributed by atoms with Gasteiger partial charge in [0.15, 0.2) is 11.6 Å². The van der Waals surface area contributed by atoms with Crippen LogP contribution in [0, 0.1) is 11.6 Å². The Morgan fingerprint density at radius 1 is 1.24 bits per heavy atom. The van der Waals surface area contributed by atoms with Crippen LogP contribution in [0.3, 0.4) is 0 Å². The molecule has 1 unspecified atom stereocenters. The predicted molar refractivity (Wildman–Crippen MR) is 111 cm³/mol. The standard InChI is InChI=1S/C16H19F2N3O4S.C2H6.CH4/c1-10(22)19-8-12-9-21(16(23)25-12)11-6-13(17)15(14(18)7-11)20-2-4-26(24)5-3-20;1-2;/h6-7,12H,2-5,8-9H2,1H3,(H,19,22);1-2H3;1H4. The van der Waals surface area contributed by atoms with Crippen LogP contribution in [0.5, 0.6) is 0 Å². The number of halogens is 2. The van der Waals surface area contributed by atoms with Crippen LogP contribution in [-0.4, -0.2) is 60.0 Å². The summed E-state index contributed by atoms with van der Waals surface area (Å²) in [5.74, 6) is -1.10. The van der Waals surface area contributed by atoms with E-state index in [4.69, 9.17) is 4.74 Å². The van der Waals surface area contributed by atoms with E-state index < -0.39 is 34.6 Å². The molecule has 29 heavy (non-hydrogen) atoms. The second-order valence-corrected chi connectivity index (χ2v) is 7.84. The molecule has 1 aromatic rings. The lowest BCUT2D eigenvalue weighted by Gasteiger charge is -2.29. The third kappa shape index (κ3) is 6.12. The third-order valence-electron chi connectivity index (χ3n) is 4.26. The van der Waals surface area contributed by atoms with Gasteiger partial charge >= 0.3 is 6.09 Å². The molecule has 2 aliphatic heterocycles. The summed E-state index contributed by atoms with van der Waals surface area (Å²) < 4.78 is 45.6. The van der Waals surface area contributed by atoms with Gasteiger partial charge in [-0.15, -0.1) is 0 Å². The van der Waals surface area contributed by atoms with Gasteiger partial charge in [0.1, 0.15) is 11.8 Å². The summed E-state index contributed by atoms with van der Waals surface area (Å²) in [5.41, 5.74) is -0.118. The van der Waals surface area contributed by atoms with Crippen LogP contribution in [0.1, 0.15) is 28.2 Å². The lowest BCUT2D eigenvalue weighted by atomic mass is 10.2. The Morgan fingerprint density at radius 2 is 1.79 bits per heavy atom. The van der Waals surface area contributed by atoms with Crippen LogP contribution < -0.4 is 15.1 Å². The molecule has 0 spiro atoms. The minimum atomic E-state index is -0.954. The van der Waals surface area contributed by atoms with E-state index in [1.807, 2.05) is 13.8 Å². The molecule has 1 aromatic carbocycles. The Morgan fingerprint density at radius 3 is 2.31 bits per heavy atom. The van der Waals surface area contributed by atoms with Crippen molar-refractivity contribution < 1.29 is 27.3 Å². The SMILES string of the molecule is C.CC.CC(=O)NCC1CN(c2cc(F)c(N3CCS(=O)CC3)c(F)c2)C(=O)O1. The van der Waals surface area contributed by atoms with Gasteiger partial charge in [-0.05, 0) is 0 Å². The molecule has 3 rings (SSSR count). The van der Waals surface area contributed by atoms with Gasteiger partial charge in [0.25, 0.3) is 0 Å². The highest BCUT2D eigenvalue weighted by Crippen LogP contribution is 2.31. The van der Waals surface area contributed by atoms with Gasteiger partial charge in [0.2, 0.25) is 5.91 Å². The first-order valence-corrected chi connectivity index (χ1v) is 10.7. The van der Waals surface area contributed by atoms with Crippen LogP contribution >= 0.6 is 0 Å². The maximum absolute atomic E-state index is 14.5. The van der Waals surface area contributed by atoms with Crippen LogP contribution in [-0.2, 0) is 20.3 Å². The van der Waals surface area contributed by atoms with Gasteiger partial charge in [-0.25, -0.2) is 13.6 Å². The highest BCUT2D eigenvalue weighted by Gasteiger charge is 2.34. The highest BCUT2D eigenvalue weighted by molar-refractivity contribution is 7.85. The van der Waals surface area contributed by atoms with E-state index in [1.165, 1.54) is 11.8 Å². The van der Waals surface area contributed by atoms with E-state index >= 15 is 0 Å². The van der Waals surface area contributed by atoms with Crippen LogP contribution in [0.15, 0.2) is 12.1 Å². The Kier molecular flexibility index (Phi) is 9.48. The predicted octanol–water partition coefficient (Wildman–Crippen LogP) is 2.66. The van der Waals surface area contributed by atoms with Crippen LogP contribution in [0.25, 0.3) is 0 Å². The van der Waals surface area contributed by atoms with Gasteiger partial charge in [-0.1, -0.05) is 21.3 Å². The number of ether oxygens (including phenoxy) is 1. The molecule has 2 saturated heterocycles. The normalized spacial score (nSPS) is 19.1. The second kappa shape index (κ2) is 11.1. The Balaban J connectivity index is 0.00000136. The summed E-state index contributed by atoms with van der Waals surface area (Å²) in [6.45, 7) is 6.18. The maximum Gasteiger partial charge on any atom is 0.414 e. The average molecular weight is 434 g/mol. The van der Waals surface area contributed by atoms with Crippen molar-refractivity contribution in [3.05, 3.63) is 23.8 Å². The number of carbonyl (C=O) groups excluding carboxylic acids is 2. The number of amides is 2. The van der Waals surface area contributed by atoms with Gasteiger partial charge in [0, 0.05) is 54.5 Å². The molecule has 2 heterocycles. The van der Waals surface area contributed by atoms with Gasteiger partial charge in [-0.3, -0.25) is 13.9 Å². The van der Waals surface area contributed by atoms with Crippen LogP contribution in [0.2, 0.25) is 0 Å². The molecule has 2 aliphatic rings. The molecule has 0 aliphatic carbocycles. The third-order valence-corrected chi connectivity index (χ3v) is 5.54. The highest BCUT2D eigenvalue weighted by atomic mass is 32.2. The topological polar surface area (TPSA) is 79.0 Å². The van der Waals surface area contributed by atoms with E-state index in [0.717, 1.165) is 17.0 Å². The van der Waals surface area contributed by atoms with Crippen molar-refractivity contribution in [2.75, 3.05) is 47.5 Å². The summed E-state index contributed by atoms with van der Waals surface area (Å²) in [7, 11) is -0.954. The zero-order valence-electron chi connectivity index (χ0n) is 16.2. The number of nitrogens with one attached hydrogen (secondary N) is 1. The number of hydrogen-bond donors (Lipinski definition) is 1. The van der Waals surface area contributed by atoms with Crippen molar-refractivity contribution in [1.29, 1.82) is 0 Å². The second-order valence-electron chi connectivity index (χ2n) is 6.15. The summed E-state index contributed by atoms with van der Waals surface area (Å²) >= 11 is 0. The van der Waals surface area contributed by atoms with Crippen molar-refractivity contribution in [3.8, 4) is 0 Å². The maximum atomic E-state index is 14.5. The van der Waals surface area contributed by atoms with Gasteiger partial charge in [-0.2, -0.15) is 0 Å². The lowest BCUT2D eigenvalue weighted by Crippen LogP contribution is -2.39. The lowest BCUT2D eigenvalue weighted by molar-refractivity contribution is -0.119. The summed E-state index contributed by atoms with van der Waals surface area (Å²) in [6.07, 6.45) is -1.31. The van der Waals surface area contributed by atoms with Crippen molar-refractivity contribution in [2.24, 2.45) is 0 Å². The van der Waals surface area contributed by atoms with Crippen molar-refractivity contribution in [3.63, 3.8) is 0 Å². The van der Waals surface area contributed by atoms with Gasteiger partial charge in [0.05, 0.1) is 18.8 Å². The molecule has 0 saturated carbocycles. The smallest absolute Gasteiger partial charge is 0.414 e. The van der Waals surface area contributed by atoms with E-state index in [9.17, 15) is 22.6 Å². The largest absolute Gasteiger partial charge is 0.442 e. The zero-order chi connectivity index (χ0) is 20.8. The number of cyclic esters (lactones) is 1. The molecular formula is C19H29F2N3O4S. The fraction of sp³-hybridized carbons (Fsp3) is 0.579. The number of benzene rings is 1. The number of rotatable bonds is 4. The summed E-state index contributed by atoms with van der Waals surface area (Å²) in [4.78, 5) is 25.6. The van der Waals surface area contributed by atoms with E-state index in [-0.39, 0.29) is 37.8 Å². The Labute approximate surface area is 172 Å². The minimum absolute atomic E-state index is 0. The minimum Gasteiger partial charge on any atom is -0.442 e. The molecule has 164 valence electrons. The van der Waals surface area contributed by atoms with E-state index in [0.29, 0.717) is 24.6 Å². The number of anilines is 2. The first kappa shape index (κ1) is 24.8. The zero-order valence-corrected chi connectivity index (χ0v) is 17.0. The van der Waals surface area contributed by atoms with E-state index in [2.05, 4.69) is 5.32 Å². The summed E-state index contributed by atoms with van der Waals surface area (Å²) in [5, 5.41) is 2.54. The fourth-order valence-corrected chi connectivity index (χ4v) is 4.02. The average Bonchev–Trinajstić information content (AvgIpc) is 3.03. The molecule has 1 N–H and O–H groups in total. The molecular weight excluding hydrogens is 404 g/mol. The Bertz CT molecular complexity index is 730. The van der Waals surface area contributed by atoms with Crippen LogP contribution in [0.4, 0.5) is 25.0 Å². The molecule has 2 amide bonds. The number of carbonyl (C=O) groups is 2. The number of hydrogen-bond acceptors (Lipinski definition) is 5. The number of nitrogens with zero attached hydrogens (tertiary/aromatic N) is 2. The van der Waals surface area contributed by atoms with Gasteiger partial charge < -0.3 is 15.0 Å². The quantitative estimate of drug-likeness (QED) is 0.790. The molecule has 0 radical (unpaired) electrons. The molecule has 10 heteroatoms. The monoisotopic (exact) mass is 433 g/mol. The van der Waals surface area contributed by atoms with Crippen molar-refractivity contribution >= 4 is 34.2 Å². The van der Waals surface area contributed by atoms with Crippen molar-refractivity contribution in [1.82, 2.24) is 5.32 Å². The Hall–Kier alpha value is -2.23. The van der Waals surface area contributed by atoms with Crippen molar-refractivity contribution in [2.45, 2.75) is 34.3 Å². The summed E-state index contributed by atoms with van der Waals surface area (Å²) in [6, 6.07) is 2.18. The molecule has 0 bridgehead atoms. The van der Waals surface area contributed by atoms with E-state index in [1.54, 1.807) is 0 Å². The molecule has 1 atom stereocenters.